The van der Waals surface area contributed by atoms with E-state index in [1.54, 1.807) is 0 Å². The van der Waals surface area contributed by atoms with Gasteiger partial charge in [-0.3, -0.25) is 4.79 Å². The summed E-state index contributed by atoms with van der Waals surface area (Å²) >= 11 is 4.95. The molecular weight excluding hydrogens is 297 g/mol. The molecule has 3 rings (SSSR count). The van der Waals surface area contributed by atoms with Crippen molar-refractivity contribution in [3.8, 4) is 0 Å². The lowest BCUT2D eigenvalue weighted by molar-refractivity contribution is -0.144. The maximum absolute atomic E-state index is 13.6. The molecule has 110 valence electrons. The largest absolute Gasteiger partial charge is 0.467 e. The van der Waals surface area contributed by atoms with Gasteiger partial charge in [0.15, 0.2) is 4.77 Å². The van der Waals surface area contributed by atoms with E-state index in [1.165, 1.54) is 13.2 Å². The summed E-state index contributed by atoms with van der Waals surface area (Å²) in [6, 6.07) is 2.34. The van der Waals surface area contributed by atoms with E-state index in [2.05, 4.69) is 20.0 Å². The third-order valence-corrected chi connectivity index (χ3v) is 3.72. The van der Waals surface area contributed by atoms with Crippen LogP contribution in [0.2, 0.25) is 0 Å². The lowest BCUT2D eigenvalue weighted by Crippen LogP contribution is -2.43. The Morgan fingerprint density at radius 1 is 1.38 bits per heavy atom. The number of amides is 1. The maximum atomic E-state index is 13.6. The van der Waals surface area contributed by atoms with E-state index in [4.69, 9.17) is 12.2 Å². The minimum atomic E-state index is -0.989. The van der Waals surface area contributed by atoms with Gasteiger partial charge < -0.3 is 20.0 Å². The van der Waals surface area contributed by atoms with Crippen LogP contribution >= 0.6 is 12.2 Å². The van der Waals surface area contributed by atoms with Crippen molar-refractivity contribution in [2.24, 2.45) is 0 Å². The highest BCUT2D eigenvalue weighted by atomic mass is 32.1. The zero-order valence-electron chi connectivity index (χ0n) is 11.1. The smallest absolute Gasteiger partial charge is 0.331 e. The van der Waals surface area contributed by atoms with E-state index in [0.717, 1.165) is 6.07 Å². The Balaban J connectivity index is 1.99. The fraction of sp³-hybridized carbons (Fsp3) is 0.308. The molecule has 1 fully saturated rings. The Labute approximate surface area is 123 Å². The number of aromatic amines is 2. The standard InChI is InChI=1S/C13H12FN3O3S/c1-20-11(19)13(2-3-13)17-10(18)7-4-6(14)5-8-9(7)16-12(21)15-8/h4-5H,2-3H2,1H3,(H,17,18)(H2,15,16,21). The molecule has 1 saturated carbocycles. The first kappa shape index (κ1) is 13.7. The van der Waals surface area contributed by atoms with E-state index in [0.29, 0.717) is 28.6 Å². The summed E-state index contributed by atoms with van der Waals surface area (Å²) in [6.45, 7) is 0. The monoisotopic (exact) mass is 309 g/mol. The number of hydrogen-bond acceptors (Lipinski definition) is 4. The summed E-state index contributed by atoms with van der Waals surface area (Å²) in [4.78, 5) is 29.6. The molecule has 1 aromatic carbocycles. The zero-order valence-corrected chi connectivity index (χ0v) is 11.9. The molecular formula is C13H12FN3O3S. The van der Waals surface area contributed by atoms with E-state index in [-0.39, 0.29) is 5.56 Å². The van der Waals surface area contributed by atoms with Crippen molar-refractivity contribution < 1.29 is 18.7 Å². The number of methoxy groups -OCH3 is 1. The molecule has 1 aromatic heterocycles. The topological polar surface area (TPSA) is 87.0 Å². The van der Waals surface area contributed by atoms with Gasteiger partial charge in [0.25, 0.3) is 5.91 Å². The molecule has 1 amide bonds. The third-order valence-electron chi connectivity index (χ3n) is 3.51. The van der Waals surface area contributed by atoms with Crippen LogP contribution in [-0.4, -0.2) is 34.5 Å². The molecule has 1 aliphatic rings. The number of rotatable bonds is 3. The van der Waals surface area contributed by atoms with Crippen molar-refractivity contribution >= 4 is 35.1 Å². The molecule has 6 nitrogen and oxygen atoms in total. The van der Waals surface area contributed by atoms with Crippen LogP contribution in [0.15, 0.2) is 12.1 Å². The summed E-state index contributed by atoms with van der Waals surface area (Å²) < 4.78 is 18.6. The summed E-state index contributed by atoms with van der Waals surface area (Å²) in [5, 5.41) is 2.61. The molecule has 0 atom stereocenters. The molecule has 21 heavy (non-hydrogen) atoms. The van der Waals surface area contributed by atoms with Crippen LogP contribution in [0.25, 0.3) is 11.0 Å². The van der Waals surface area contributed by atoms with Crippen LogP contribution in [-0.2, 0) is 9.53 Å². The molecule has 0 saturated heterocycles. The number of carbonyl (C=O) groups is 2. The van der Waals surface area contributed by atoms with Gasteiger partial charge in [-0.1, -0.05) is 0 Å². The van der Waals surface area contributed by atoms with Crippen LogP contribution in [0.5, 0.6) is 0 Å². The lowest BCUT2D eigenvalue weighted by atomic mass is 10.1. The maximum Gasteiger partial charge on any atom is 0.331 e. The normalized spacial score (nSPS) is 15.7. The highest BCUT2D eigenvalue weighted by molar-refractivity contribution is 7.71. The van der Waals surface area contributed by atoms with Gasteiger partial charge >= 0.3 is 5.97 Å². The molecule has 3 N–H and O–H groups in total. The average Bonchev–Trinajstić information content (AvgIpc) is 3.11. The second kappa shape index (κ2) is 4.66. The number of fused-ring (bicyclic) bond motifs is 1. The van der Waals surface area contributed by atoms with Gasteiger partial charge in [-0.2, -0.15) is 0 Å². The first-order chi connectivity index (χ1) is 9.95. The summed E-state index contributed by atoms with van der Waals surface area (Å²) in [6.07, 6.45) is 1.01. The van der Waals surface area contributed by atoms with Crippen molar-refractivity contribution in [2.75, 3.05) is 7.11 Å². The minimum absolute atomic E-state index is 0.0903. The van der Waals surface area contributed by atoms with Gasteiger partial charge in [0.05, 0.1) is 23.7 Å². The minimum Gasteiger partial charge on any atom is -0.467 e. The van der Waals surface area contributed by atoms with Gasteiger partial charge in [-0.15, -0.1) is 0 Å². The molecule has 0 aliphatic heterocycles. The molecule has 1 aliphatic carbocycles. The summed E-state index contributed by atoms with van der Waals surface area (Å²) in [5.74, 6) is -1.61. The Morgan fingerprint density at radius 3 is 2.71 bits per heavy atom. The number of esters is 1. The fourth-order valence-electron chi connectivity index (χ4n) is 2.27. The van der Waals surface area contributed by atoms with E-state index in [1.807, 2.05) is 0 Å². The van der Waals surface area contributed by atoms with Crippen LogP contribution in [0, 0.1) is 10.6 Å². The van der Waals surface area contributed by atoms with Crippen molar-refractivity contribution in [3.05, 3.63) is 28.3 Å². The van der Waals surface area contributed by atoms with Crippen molar-refractivity contribution in [3.63, 3.8) is 0 Å². The SMILES string of the molecule is COC(=O)C1(NC(=O)c2cc(F)cc3[nH]c(=S)[nH]c23)CC1. The van der Waals surface area contributed by atoms with Gasteiger partial charge in [-0.25, -0.2) is 9.18 Å². The number of H-pyrrole nitrogens is 2. The quantitative estimate of drug-likeness (QED) is 0.596. The third kappa shape index (κ3) is 2.31. The number of aromatic nitrogens is 2. The Morgan fingerprint density at radius 2 is 2.10 bits per heavy atom. The first-order valence-corrected chi connectivity index (χ1v) is 6.68. The van der Waals surface area contributed by atoms with E-state index < -0.39 is 23.2 Å². The van der Waals surface area contributed by atoms with Gasteiger partial charge in [-0.05, 0) is 37.2 Å². The average molecular weight is 309 g/mol. The number of nitrogens with one attached hydrogen (secondary N) is 3. The van der Waals surface area contributed by atoms with Crippen LogP contribution in [0.1, 0.15) is 23.2 Å². The molecule has 0 unspecified atom stereocenters. The molecule has 0 spiro atoms. The van der Waals surface area contributed by atoms with Gasteiger partial charge in [0, 0.05) is 0 Å². The van der Waals surface area contributed by atoms with E-state index in [9.17, 15) is 14.0 Å². The number of halogens is 1. The zero-order chi connectivity index (χ0) is 15.2. The Kier molecular flexibility index (Phi) is 3.05. The first-order valence-electron chi connectivity index (χ1n) is 6.28. The molecule has 0 radical (unpaired) electrons. The van der Waals surface area contributed by atoms with Crippen LogP contribution in [0.4, 0.5) is 4.39 Å². The molecule has 2 aromatic rings. The lowest BCUT2D eigenvalue weighted by Gasteiger charge is -2.15. The van der Waals surface area contributed by atoms with Gasteiger partial charge in [0.1, 0.15) is 11.4 Å². The van der Waals surface area contributed by atoms with Gasteiger partial charge in [0.2, 0.25) is 0 Å². The van der Waals surface area contributed by atoms with Crippen LogP contribution in [0.3, 0.4) is 0 Å². The predicted molar refractivity (Wildman–Crippen MR) is 74.9 cm³/mol. The van der Waals surface area contributed by atoms with Crippen LogP contribution < -0.4 is 5.32 Å². The predicted octanol–water partition coefficient (Wildman–Crippen LogP) is 1.80. The number of imidazole rings is 1. The van der Waals surface area contributed by atoms with Crippen molar-refractivity contribution in [2.45, 2.75) is 18.4 Å². The number of hydrogen-bond donors (Lipinski definition) is 3. The highest BCUT2D eigenvalue weighted by Crippen LogP contribution is 2.37. The summed E-state index contributed by atoms with van der Waals surface area (Å²) in [5.41, 5.74) is -0.0995. The second-order valence-electron chi connectivity index (χ2n) is 4.98. The number of benzene rings is 1. The Bertz CT molecular complexity index is 807. The van der Waals surface area contributed by atoms with Crippen molar-refractivity contribution in [1.29, 1.82) is 0 Å². The number of carbonyl (C=O) groups excluding carboxylic acids is 2. The molecule has 8 heteroatoms. The highest BCUT2D eigenvalue weighted by Gasteiger charge is 2.52. The summed E-state index contributed by atoms with van der Waals surface area (Å²) in [7, 11) is 1.26. The fourth-order valence-corrected chi connectivity index (χ4v) is 2.48. The Hall–Kier alpha value is -2.22. The molecule has 0 bridgehead atoms. The second-order valence-corrected chi connectivity index (χ2v) is 5.39. The van der Waals surface area contributed by atoms with E-state index >= 15 is 0 Å². The number of ether oxygens (including phenoxy) is 1. The molecule has 1 heterocycles. The van der Waals surface area contributed by atoms with Crippen molar-refractivity contribution in [1.82, 2.24) is 15.3 Å².